The first-order valence-electron chi connectivity index (χ1n) is 18.5. The molecule has 2 saturated heterocycles. The molecule has 1 amide bonds. The van der Waals surface area contributed by atoms with Crippen molar-refractivity contribution in [2.45, 2.75) is 115 Å². The molecule has 9 nitrogen and oxygen atoms in total. The highest BCUT2D eigenvalue weighted by Crippen LogP contribution is 2.43. The standard InChI is InChI=1S/C40H50FN5O4Si/c1-24-28-12-10-9-11-25(28)17-18-44(24)38(47)32-20-33(26-13-14-26)46-36(42-32)21-31(43-46)29-16-15-27(19-30(29)41)45-22-35-37(50-40(5,6)49-35)34(45)23-48-51(7,8)39(2,3)4/h9-12,15-16,19-21,24,26,34-35,37H,13-14,17-18,22-23H2,1-8H3/t24-,34-,35+,37-/m1/s1. The van der Waals surface area contributed by atoms with Crippen molar-refractivity contribution in [3.63, 3.8) is 0 Å². The molecule has 2 aromatic heterocycles. The van der Waals surface area contributed by atoms with Gasteiger partial charge in [-0.15, -0.1) is 0 Å². The first kappa shape index (κ1) is 34.4. The van der Waals surface area contributed by atoms with Gasteiger partial charge in [0.25, 0.3) is 5.91 Å². The van der Waals surface area contributed by atoms with Gasteiger partial charge < -0.3 is 23.7 Å². The summed E-state index contributed by atoms with van der Waals surface area (Å²) in [6.45, 7) is 18.9. The van der Waals surface area contributed by atoms with Gasteiger partial charge in [0.1, 0.15) is 23.7 Å². The molecular formula is C40H50FN5O4Si. The van der Waals surface area contributed by atoms with Crippen LogP contribution in [0.3, 0.4) is 0 Å². The Labute approximate surface area is 301 Å². The monoisotopic (exact) mass is 711 g/mol. The second kappa shape index (κ2) is 12.2. The maximum Gasteiger partial charge on any atom is 0.273 e. The van der Waals surface area contributed by atoms with Crippen LogP contribution in [0.4, 0.5) is 10.1 Å². The Kier molecular flexibility index (Phi) is 8.25. The van der Waals surface area contributed by atoms with Crippen molar-refractivity contribution in [2.24, 2.45) is 0 Å². The van der Waals surface area contributed by atoms with E-state index in [1.807, 2.05) is 36.9 Å². The maximum absolute atomic E-state index is 16.2. The number of benzene rings is 2. The molecule has 4 aromatic rings. The number of hydrogen-bond donors (Lipinski definition) is 0. The van der Waals surface area contributed by atoms with Crippen LogP contribution in [0.15, 0.2) is 54.6 Å². The van der Waals surface area contributed by atoms with Gasteiger partial charge in [-0.25, -0.2) is 13.9 Å². The summed E-state index contributed by atoms with van der Waals surface area (Å²) >= 11 is 0. The number of hydrogen-bond acceptors (Lipinski definition) is 7. The van der Waals surface area contributed by atoms with Crippen LogP contribution in [-0.4, -0.2) is 77.5 Å². The second-order valence-electron chi connectivity index (χ2n) is 16.9. The third-order valence-electron chi connectivity index (χ3n) is 11.9. The number of ether oxygens (including phenoxy) is 2. The lowest BCUT2D eigenvalue weighted by atomic mass is 9.93. The number of carbonyl (C=O) groups excluding carboxylic acids is 1. The number of carbonyl (C=O) groups is 1. The molecule has 270 valence electrons. The number of nitrogens with zero attached hydrogens (tertiary/aromatic N) is 5. The average Bonchev–Trinajstić information content (AvgIpc) is 3.64. The summed E-state index contributed by atoms with van der Waals surface area (Å²) in [5.74, 6) is -0.830. The summed E-state index contributed by atoms with van der Waals surface area (Å²) in [6, 6.07) is 17.2. The topological polar surface area (TPSA) is 81.4 Å². The van der Waals surface area contributed by atoms with Gasteiger partial charge in [-0.1, -0.05) is 45.0 Å². The van der Waals surface area contributed by atoms with E-state index in [2.05, 4.69) is 63.9 Å². The number of halogens is 1. The molecule has 51 heavy (non-hydrogen) atoms. The zero-order chi connectivity index (χ0) is 36.0. The average molecular weight is 712 g/mol. The lowest BCUT2D eigenvalue weighted by Crippen LogP contribution is -2.48. The molecule has 11 heteroatoms. The molecule has 0 spiro atoms. The van der Waals surface area contributed by atoms with Crippen molar-refractivity contribution < 1.29 is 23.1 Å². The molecule has 2 aromatic carbocycles. The Morgan fingerprint density at radius 1 is 1.08 bits per heavy atom. The van der Waals surface area contributed by atoms with E-state index in [1.54, 1.807) is 22.7 Å². The first-order valence-corrected chi connectivity index (χ1v) is 21.4. The summed E-state index contributed by atoms with van der Waals surface area (Å²) < 4.78 is 37.4. The molecule has 4 aliphatic rings. The Hall–Kier alpha value is -3.64. The zero-order valence-corrected chi connectivity index (χ0v) is 32.1. The van der Waals surface area contributed by atoms with Crippen LogP contribution in [0.2, 0.25) is 18.1 Å². The van der Waals surface area contributed by atoms with Crippen LogP contribution in [-0.2, 0) is 20.3 Å². The van der Waals surface area contributed by atoms with E-state index in [-0.39, 0.29) is 41.1 Å². The Morgan fingerprint density at radius 2 is 1.84 bits per heavy atom. The van der Waals surface area contributed by atoms with Gasteiger partial charge in [0.2, 0.25) is 0 Å². The molecule has 0 bridgehead atoms. The van der Waals surface area contributed by atoms with Gasteiger partial charge in [0, 0.05) is 42.0 Å². The molecule has 3 fully saturated rings. The lowest BCUT2D eigenvalue weighted by molar-refractivity contribution is -0.151. The number of fused-ring (bicyclic) bond motifs is 3. The fourth-order valence-corrected chi connectivity index (χ4v) is 8.85. The van der Waals surface area contributed by atoms with Crippen LogP contribution >= 0.6 is 0 Å². The largest absolute Gasteiger partial charge is 0.415 e. The highest BCUT2D eigenvalue weighted by atomic mass is 28.4. The van der Waals surface area contributed by atoms with Crippen molar-refractivity contribution in [1.29, 1.82) is 0 Å². The minimum atomic E-state index is -2.05. The van der Waals surface area contributed by atoms with Crippen LogP contribution in [0.1, 0.15) is 93.7 Å². The number of rotatable bonds is 7. The number of amides is 1. The minimum Gasteiger partial charge on any atom is -0.415 e. The summed E-state index contributed by atoms with van der Waals surface area (Å²) in [5.41, 5.74) is 6.02. The van der Waals surface area contributed by atoms with E-state index in [0.717, 1.165) is 30.6 Å². The highest BCUT2D eigenvalue weighted by Gasteiger charge is 2.53. The first-order chi connectivity index (χ1) is 24.1. The summed E-state index contributed by atoms with van der Waals surface area (Å²) in [6.07, 6.45) is 2.55. The summed E-state index contributed by atoms with van der Waals surface area (Å²) in [5, 5.41) is 4.93. The van der Waals surface area contributed by atoms with E-state index in [0.29, 0.717) is 48.2 Å². The molecule has 0 unspecified atom stereocenters. The van der Waals surface area contributed by atoms with Crippen LogP contribution in [0.25, 0.3) is 16.9 Å². The van der Waals surface area contributed by atoms with Crippen molar-refractivity contribution in [3.05, 3.63) is 82.9 Å². The van der Waals surface area contributed by atoms with Crippen molar-refractivity contribution >= 4 is 25.6 Å². The van der Waals surface area contributed by atoms with Crippen molar-refractivity contribution in [2.75, 3.05) is 24.6 Å². The highest BCUT2D eigenvalue weighted by molar-refractivity contribution is 6.74. The molecular weight excluding hydrogens is 662 g/mol. The van der Waals surface area contributed by atoms with Crippen molar-refractivity contribution in [3.8, 4) is 11.3 Å². The molecule has 8 rings (SSSR count). The lowest BCUT2D eigenvalue weighted by Gasteiger charge is -2.39. The van der Waals surface area contributed by atoms with Gasteiger partial charge in [-0.2, -0.15) is 5.10 Å². The predicted octanol–water partition coefficient (Wildman–Crippen LogP) is 7.90. The molecule has 0 radical (unpaired) electrons. The van der Waals surface area contributed by atoms with E-state index in [9.17, 15) is 4.79 Å². The smallest absolute Gasteiger partial charge is 0.273 e. The van der Waals surface area contributed by atoms with Crippen LogP contribution in [0, 0.1) is 5.82 Å². The number of aromatic nitrogens is 3. The normalized spacial score (nSPS) is 24.6. The molecule has 3 aliphatic heterocycles. The van der Waals surface area contributed by atoms with Gasteiger partial charge >= 0.3 is 0 Å². The van der Waals surface area contributed by atoms with Gasteiger partial charge in [0.05, 0.1) is 24.4 Å². The fraction of sp³-hybridized carbons (Fsp3) is 0.525. The molecule has 4 atom stereocenters. The molecule has 5 heterocycles. The van der Waals surface area contributed by atoms with Gasteiger partial charge in [-0.05, 0) is 93.6 Å². The maximum atomic E-state index is 16.2. The van der Waals surface area contributed by atoms with Crippen LogP contribution in [0.5, 0.6) is 0 Å². The molecule has 0 N–H and O–H groups in total. The molecule has 1 aliphatic carbocycles. The van der Waals surface area contributed by atoms with Crippen LogP contribution < -0.4 is 4.90 Å². The Balaban J connectivity index is 1.08. The zero-order valence-electron chi connectivity index (χ0n) is 31.1. The third kappa shape index (κ3) is 6.19. The molecule has 1 saturated carbocycles. The second-order valence-corrected chi connectivity index (χ2v) is 21.7. The summed E-state index contributed by atoms with van der Waals surface area (Å²) in [7, 11) is -2.05. The van der Waals surface area contributed by atoms with E-state index >= 15 is 4.39 Å². The van der Waals surface area contributed by atoms with Crippen molar-refractivity contribution in [1.82, 2.24) is 19.5 Å². The van der Waals surface area contributed by atoms with Gasteiger partial charge in [-0.3, -0.25) is 4.79 Å². The van der Waals surface area contributed by atoms with E-state index in [1.165, 1.54) is 11.1 Å². The predicted molar refractivity (Wildman–Crippen MR) is 198 cm³/mol. The minimum absolute atomic E-state index is 0.0454. The SMILES string of the molecule is C[C@@H]1c2ccccc2CCN1C(=O)c1cc(C2CC2)n2nc(-c3ccc(N4C[C@@H]5OC(C)(C)O[C@@H]5[C@H]4CO[Si](C)(C)C(C)(C)C)cc3F)cc2n1. The van der Waals surface area contributed by atoms with E-state index < -0.39 is 14.1 Å². The Bertz CT molecular complexity index is 2000. The Morgan fingerprint density at radius 3 is 2.57 bits per heavy atom. The van der Waals surface area contributed by atoms with E-state index in [4.69, 9.17) is 24.0 Å². The quantitative estimate of drug-likeness (QED) is 0.180. The fourth-order valence-electron chi connectivity index (χ4n) is 7.82. The summed E-state index contributed by atoms with van der Waals surface area (Å²) in [4.78, 5) is 22.9. The van der Waals surface area contributed by atoms with Gasteiger partial charge in [0.15, 0.2) is 19.8 Å². The number of anilines is 1. The third-order valence-corrected chi connectivity index (χ3v) is 16.4.